The van der Waals surface area contributed by atoms with Crippen LogP contribution in [0.2, 0.25) is 0 Å². The van der Waals surface area contributed by atoms with Crippen LogP contribution in [0.1, 0.15) is 17.0 Å². The number of anilines is 1. The fourth-order valence-corrected chi connectivity index (χ4v) is 3.28. The number of pyridine rings is 1. The van der Waals surface area contributed by atoms with E-state index in [0.29, 0.717) is 6.61 Å². The Morgan fingerprint density at radius 2 is 2.11 bits per heavy atom. The van der Waals surface area contributed by atoms with Crippen molar-refractivity contribution in [3.63, 3.8) is 0 Å². The van der Waals surface area contributed by atoms with Gasteiger partial charge in [0, 0.05) is 46.0 Å². The summed E-state index contributed by atoms with van der Waals surface area (Å²) >= 11 is 5.05. The highest BCUT2D eigenvalue weighted by Gasteiger charge is 2.19. The molecule has 0 aliphatic rings. The molecule has 3 rings (SSSR count). The summed E-state index contributed by atoms with van der Waals surface area (Å²) in [7, 11) is -0.507. The number of carbonyl (C=O) groups excluding carboxylic acids is 1. The summed E-state index contributed by atoms with van der Waals surface area (Å²) in [5.74, 6) is -0.580. The standard InChI is InChI=1S/C20H21N3O2S2/c1-27(26)25-13-14-3-2-4-16(9-14)19(11-21)20(24)23-18-6-5-17-12-22-8-7-15(17)10-18/h2-10,12,19H,11,13,21H2,1H3,(H,23,24)/t19-,27?/m1/s1. The molecule has 1 unspecified atom stereocenters. The summed E-state index contributed by atoms with van der Waals surface area (Å²) in [5.41, 5.74) is 8.48. The van der Waals surface area contributed by atoms with E-state index in [2.05, 4.69) is 10.3 Å². The molecular formula is C20H21N3O2S2. The van der Waals surface area contributed by atoms with Crippen LogP contribution in [0.5, 0.6) is 0 Å². The molecule has 27 heavy (non-hydrogen) atoms. The smallest absolute Gasteiger partial charge is 0.233 e. The lowest BCUT2D eigenvalue weighted by atomic mass is 9.96. The van der Waals surface area contributed by atoms with E-state index in [9.17, 15) is 4.79 Å². The number of rotatable bonds is 7. The third kappa shape index (κ3) is 5.17. The summed E-state index contributed by atoms with van der Waals surface area (Å²) in [6.07, 6.45) is 5.37. The molecule has 3 aromatic rings. The average Bonchev–Trinajstić information content (AvgIpc) is 2.67. The van der Waals surface area contributed by atoms with Gasteiger partial charge < -0.3 is 15.2 Å². The van der Waals surface area contributed by atoms with Crippen molar-refractivity contribution in [2.45, 2.75) is 12.5 Å². The number of amides is 1. The van der Waals surface area contributed by atoms with Gasteiger partial charge in [-0.1, -0.05) is 30.3 Å². The lowest BCUT2D eigenvalue weighted by Gasteiger charge is -2.16. The van der Waals surface area contributed by atoms with E-state index in [1.165, 1.54) is 0 Å². The van der Waals surface area contributed by atoms with Crippen molar-refractivity contribution in [3.8, 4) is 0 Å². The molecule has 140 valence electrons. The van der Waals surface area contributed by atoms with Crippen LogP contribution in [0.3, 0.4) is 0 Å². The van der Waals surface area contributed by atoms with Crippen molar-refractivity contribution in [1.29, 1.82) is 0 Å². The lowest BCUT2D eigenvalue weighted by Crippen LogP contribution is -2.27. The van der Waals surface area contributed by atoms with E-state index in [0.717, 1.165) is 27.6 Å². The van der Waals surface area contributed by atoms with Crippen molar-refractivity contribution in [3.05, 3.63) is 72.1 Å². The van der Waals surface area contributed by atoms with Gasteiger partial charge in [0.15, 0.2) is 0 Å². The number of benzene rings is 2. The third-order valence-corrected chi connectivity index (χ3v) is 4.94. The maximum atomic E-state index is 12.8. The van der Waals surface area contributed by atoms with Gasteiger partial charge in [0.1, 0.15) is 0 Å². The van der Waals surface area contributed by atoms with Gasteiger partial charge >= 0.3 is 0 Å². The van der Waals surface area contributed by atoms with Crippen LogP contribution >= 0.6 is 0 Å². The average molecular weight is 400 g/mol. The number of aromatic nitrogens is 1. The summed E-state index contributed by atoms with van der Waals surface area (Å²) in [6, 6.07) is 15.4. The van der Waals surface area contributed by atoms with Crippen LogP contribution in [0.4, 0.5) is 5.69 Å². The molecule has 0 saturated heterocycles. The van der Waals surface area contributed by atoms with Gasteiger partial charge in [-0.05, 0) is 45.9 Å². The van der Waals surface area contributed by atoms with E-state index in [1.54, 1.807) is 12.4 Å². The summed E-state index contributed by atoms with van der Waals surface area (Å²) in [4.78, 5) is 16.9. The van der Waals surface area contributed by atoms with Gasteiger partial charge in [-0.25, -0.2) is 0 Å². The van der Waals surface area contributed by atoms with Gasteiger partial charge in [-0.2, -0.15) is 0 Å². The van der Waals surface area contributed by atoms with Gasteiger partial charge in [-0.3, -0.25) is 9.78 Å². The number of nitrogens with zero attached hydrogens (tertiary/aromatic N) is 1. The Morgan fingerprint density at radius 3 is 2.89 bits per heavy atom. The van der Waals surface area contributed by atoms with Gasteiger partial charge in [0.05, 0.1) is 12.5 Å². The Morgan fingerprint density at radius 1 is 1.26 bits per heavy atom. The second-order valence-electron chi connectivity index (χ2n) is 6.12. The Hall–Kier alpha value is -2.19. The first-order valence-corrected chi connectivity index (χ1v) is 11.0. The van der Waals surface area contributed by atoms with E-state index in [1.807, 2.05) is 54.8 Å². The van der Waals surface area contributed by atoms with Crippen molar-refractivity contribution in [1.82, 2.24) is 4.98 Å². The molecule has 2 atom stereocenters. The SMILES string of the molecule is CS(=S)OCc1cccc([C@@H](CN)C(=O)Nc2ccc3cnccc3c2)c1. The number of carbonyl (C=O) groups is 1. The van der Waals surface area contributed by atoms with Crippen LogP contribution < -0.4 is 11.1 Å². The first kappa shape index (κ1) is 19.6. The molecule has 1 amide bonds. The van der Waals surface area contributed by atoms with Crippen molar-refractivity contribution < 1.29 is 8.98 Å². The zero-order valence-corrected chi connectivity index (χ0v) is 16.6. The fraction of sp³-hybridized carbons (Fsp3) is 0.200. The molecule has 7 heteroatoms. The van der Waals surface area contributed by atoms with E-state index in [4.69, 9.17) is 21.1 Å². The quantitative estimate of drug-likeness (QED) is 0.639. The normalized spacial score (nSPS) is 13.3. The molecule has 0 fully saturated rings. The van der Waals surface area contributed by atoms with Crippen molar-refractivity contribution in [2.24, 2.45) is 5.73 Å². The highest BCUT2D eigenvalue weighted by atomic mass is 32.8. The number of nitrogens with two attached hydrogens (primary N) is 1. The highest BCUT2D eigenvalue weighted by Crippen LogP contribution is 2.22. The summed E-state index contributed by atoms with van der Waals surface area (Å²) < 4.78 is 5.50. The van der Waals surface area contributed by atoms with Crippen LogP contribution in [0, 0.1) is 0 Å². The van der Waals surface area contributed by atoms with Crippen LogP contribution in [-0.4, -0.2) is 23.7 Å². The number of hydrogen-bond donors (Lipinski definition) is 2. The second-order valence-corrected chi connectivity index (χ2v) is 8.57. The first-order valence-electron chi connectivity index (χ1n) is 8.47. The Labute approximate surface area is 165 Å². The third-order valence-electron chi connectivity index (χ3n) is 4.21. The summed E-state index contributed by atoms with van der Waals surface area (Å²) in [5, 5.41) is 5.01. The van der Waals surface area contributed by atoms with Crippen LogP contribution in [-0.2, 0) is 36.5 Å². The molecule has 0 spiro atoms. The summed E-state index contributed by atoms with van der Waals surface area (Å²) in [6.45, 7) is 0.640. The molecule has 0 bridgehead atoms. The minimum absolute atomic E-state index is 0.137. The predicted molar refractivity (Wildman–Crippen MR) is 114 cm³/mol. The zero-order valence-electron chi connectivity index (χ0n) is 14.9. The number of hydrogen-bond acceptors (Lipinski definition) is 5. The topological polar surface area (TPSA) is 77.2 Å². The largest absolute Gasteiger partial charge is 0.329 e. The zero-order chi connectivity index (χ0) is 19.2. The molecular weight excluding hydrogens is 378 g/mol. The van der Waals surface area contributed by atoms with Crippen LogP contribution in [0.15, 0.2) is 60.9 Å². The molecule has 3 N–H and O–H groups in total. The minimum Gasteiger partial charge on any atom is -0.329 e. The number of nitrogens with one attached hydrogen (secondary N) is 1. The van der Waals surface area contributed by atoms with Gasteiger partial charge in [-0.15, -0.1) is 0 Å². The Kier molecular flexibility index (Phi) is 6.63. The molecule has 2 aromatic carbocycles. The number of fused-ring (bicyclic) bond motifs is 1. The predicted octanol–water partition coefficient (Wildman–Crippen LogP) is 3.06. The van der Waals surface area contributed by atoms with E-state index in [-0.39, 0.29) is 12.5 Å². The minimum atomic E-state index is -0.507. The van der Waals surface area contributed by atoms with Crippen molar-refractivity contribution >= 4 is 43.3 Å². The molecule has 0 aliphatic carbocycles. The monoisotopic (exact) mass is 399 g/mol. The molecule has 0 radical (unpaired) electrons. The second kappa shape index (κ2) is 9.14. The van der Waals surface area contributed by atoms with Gasteiger partial charge in [0.25, 0.3) is 0 Å². The van der Waals surface area contributed by atoms with E-state index >= 15 is 0 Å². The Balaban J connectivity index is 1.77. The first-order chi connectivity index (χ1) is 13.1. The molecule has 1 heterocycles. The highest BCUT2D eigenvalue weighted by molar-refractivity contribution is 8.25. The van der Waals surface area contributed by atoms with Gasteiger partial charge in [0.2, 0.25) is 5.91 Å². The molecule has 0 saturated carbocycles. The fourth-order valence-electron chi connectivity index (χ4n) is 2.84. The van der Waals surface area contributed by atoms with Crippen LogP contribution in [0.25, 0.3) is 10.8 Å². The maximum Gasteiger partial charge on any atom is 0.233 e. The molecule has 1 aromatic heterocycles. The van der Waals surface area contributed by atoms with E-state index < -0.39 is 15.7 Å². The molecule has 5 nitrogen and oxygen atoms in total. The Bertz CT molecular complexity index is 978. The lowest BCUT2D eigenvalue weighted by molar-refractivity contribution is -0.117. The van der Waals surface area contributed by atoms with Crippen molar-refractivity contribution in [2.75, 3.05) is 18.1 Å². The molecule has 0 aliphatic heterocycles. The maximum absolute atomic E-state index is 12.8.